The first-order valence-electron chi connectivity index (χ1n) is 11.2. The molecule has 2 aliphatic heterocycles. The van der Waals surface area contributed by atoms with Crippen LogP contribution in [-0.2, 0) is 6.54 Å². The second-order valence-electron chi connectivity index (χ2n) is 7.77. The number of carbonyl (C=O) groups excluding carboxylic acids is 2. The van der Waals surface area contributed by atoms with Crippen LogP contribution in [0, 0.1) is 0 Å². The lowest BCUT2D eigenvalue weighted by molar-refractivity contribution is 0.0991. The van der Waals surface area contributed by atoms with Gasteiger partial charge in [0.2, 0.25) is 0 Å². The van der Waals surface area contributed by atoms with Gasteiger partial charge in [-0.15, -0.1) is 11.3 Å². The zero-order valence-electron chi connectivity index (χ0n) is 19.4. The molecule has 0 bridgehead atoms. The van der Waals surface area contributed by atoms with Gasteiger partial charge in [0.15, 0.2) is 5.13 Å². The third-order valence-corrected chi connectivity index (χ3v) is 6.55. The molecule has 9 nitrogen and oxygen atoms in total. The van der Waals surface area contributed by atoms with Crippen LogP contribution in [0.1, 0.15) is 46.7 Å². The molecule has 178 valence electrons. The number of ether oxygens (including phenoxy) is 1. The molecule has 3 aromatic rings. The van der Waals surface area contributed by atoms with Gasteiger partial charge in [0, 0.05) is 36.3 Å². The predicted molar refractivity (Wildman–Crippen MR) is 134 cm³/mol. The second kappa shape index (κ2) is 10.2. The van der Waals surface area contributed by atoms with E-state index in [1.807, 2.05) is 32.0 Å². The van der Waals surface area contributed by atoms with E-state index < -0.39 is 0 Å². The van der Waals surface area contributed by atoms with E-state index in [-0.39, 0.29) is 23.6 Å². The summed E-state index contributed by atoms with van der Waals surface area (Å²) in [6.45, 7) is 5.97. The van der Waals surface area contributed by atoms with Gasteiger partial charge in [-0.05, 0) is 30.2 Å². The van der Waals surface area contributed by atoms with Crippen LogP contribution >= 0.6 is 11.3 Å². The fourth-order valence-corrected chi connectivity index (χ4v) is 4.81. The van der Waals surface area contributed by atoms with Crippen LogP contribution in [0.25, 0.3) is 0 Å². The topological polar surface area (TPSA) is 114 Å². The molecule has 4 heterocycles. The second-order valence-corrected chi connectivity index (χ2v) is 8.61. The Balaban J connectivity index is 0.00000133. The summed E-state index contributed by atoms with van der Waals surface area (Å²) in [4.78, 5) is 38.1. The van der Waals surface area contributed by atoms with E-state index in [9.17, 15) is 9.59 Å². The number of nitrogens with two attached hydrogens (primary N) is 1. The molecule has 1 unspecified atom stereocenters. The van der Waals surface area contributed by atoms with Gasteiger partial charge in [0.1, 0.15) is 11.4 Å². The smallest absolute Gasteiger partial charge is 0.275 e. The molecule has 2 aliphatic rings. The average Bonchev–Trinajstić information content (AvgIpc) is 3.60. The minimum Gasteiger partial charge on any atom is -0.497 e. The highest BCUT2D eigenvalue weighted by molar-refractivity contribution is 7.14. The first-order valence-corrected chi connectivity index (χ1v) is 12.1. The Kier molecular flexibility index (Phi) is 7.09. The molecule has 0 saturated carbocycles. The summed E-state index contributed by atoms with van der Waals surface area (Å²) in [5, 5.41) is 5.04. The molecule has 0 radical (unpaired) electrons. The molecule has 10 heteroatoms. The molecule has 1 saturated heterocycles. The number of anilines is 3. The maximum atomic E-state index is 12.9. The molecule has 34 heavy (non-hydrogen) atoms. The third kappa shape index (κ3) is 4.59. The number of nitrogens with zero attached hydrogens (tertiary/aromatic N) is 4. The number of carbonyl (C=O) groups is 2. The average molecular weight is 481 g/mol. The van der Waals surface area contributed by atoms with Gasteiger partial charge in [-0.2, -0.15) is 0 Å². The number of pyridine rings is 1. The van der Waals surface area contributed by atoms with Crippen molar-refractivity contribution in [2.45, 2.75) is 32.9 Å². The van der Waals surface area contributed by atoms with Crippen molar-refractivity contribution in [2.75, 3.05) is 35.3 Å². The van der Waals surface area contributed by atoms with E-state index in [1.165, 1.54) is 11.3 Å². The van der Waals surface area contributed by atoms with Crippen molar-refractivity contribution in [1.82, 2.24) is 9.97 Å². The van der Waals surface area contributed by atoms with Crippen LogP contribution in [0.2, 0.25) is 0 Å². The number of benzene rings is 1. The number of hydrogen-bond acceptors (Lipinski definition) is 8. The van der Waals surface area contributed by atoms with Crippen LogP contribution in [0.5, 0.6) is 5.75 Å². The number of aromatic nitrogens is 2. The number of amides is 2. The number of fused-ring (bicyclic) bond motifs is 1. The predicted octanol–water partition coefficient (Wildman–Crippen LogP) is 3.52. The van der Waals surface area contributed by atoms with Crippen molar-refractivity contribution in [2.24, 2.45) is 5.73 Å². The third-order valence-electron chi connectivity index (χ3n) is 5.69. The summed E-state index contributed by atoms with van der Waals surface area (Å²) < 4.78 is 5.22. The number of nitrogens with one attached hydrogen (secondary N) is 1. The lowest BCUT2D eigenvalue weighted by Gasteiger charge is -2.21. The van der Waals surface area contributed by atoms with Crippen molar-refractivity contribution in [1.29, 1.82) is 0 Å². The minimum atomic E-state index is -0.351. The molecule has 0 aliphatic carbocycles. The SMILES string of the molecule is CC.COc1ccc2c(c1)C(=O)N(c1nc(C(=O)Nc3cnccc3N3CCC(N)C3)cs1)C2. The summed E-state index contributed by atoms with van der Waals surface area (Å²) in [7, 11) is 1.57. The van der Waals surface area contributed by atoms with Gasteiger partial charge >= 0.3 is 0 Å². The van der Waals surface area contributed by atoms with Gasteiger partial charge < -0.3 is 20.7 Å². The lowest BCUT2D eigenvalue weighted by atomic mass is 10.1. The molecule has 1 fully saturated rings. The van der Waals surface area contributed by atoms with Crippen molar-refractivity contribution in [3.05, 3.63) is 58.9 Å². The molecule has 1 aromatic carbocycles. The Hall–Kier alpha value is -3.50. The molecule has 1 atom stereocenters. The number of hydrogen-bond donors (Lipinski definition) is 2. The zero-order chi connectivity index (χ0) is 24.2. The van der Waals surface area contributed by atoms with Crippen LogP contribution in [0.15, 0.2) is 42.0 Å². The fourth-order valence-electron chi connectivity index (χ4n) is 4.01. The van der Waals surface area contributed by atoms with E-state index in [0.717, 1.165) is 30.8 Å². The molecular formula is C24H28N6O3S. The molecular weight excluding hydrogens is 452 g/mol. The Morgan fingerprint density at radius 1 is 1.29 bits per heavy atom. The van der Waals surface area contributed by atoms with Gasteiger partial charge in [0.05, 0.1) is 31.2 Å². The molecule has 5 rings (SSSR count). The first kappa shape index (κ1) is 23.7. The van der Waals surface area contributed by atoms with Gasteiger partial charge in [-0.1, -0.05) is 19.9 Å². The van der Waals surface area contributed by atoms with Crippen LogP contribution in [0.3, 0.4) is 0 Å². The minimum absolute atomic E-state index is 0.120. The summed E-state index contributed by atoms with van der Waals surface area (Å²) >= 11 is 1.26. The number of methoxy groups -OCH3 is 1. The molecule has 2 amide bonds. The Labute approximate surface area is 202 Å². The quantitative estimate of drug-likeness (QED) is 0.574. The van der Waals surface area contributed by atoms with E-state index in [2.05, 4.69) is 20.2 Å². The van der Waals surface area contributed by atoms with Gasteiger partial charge in [-0.25, -0.2) is 4.98 Å². The summed E-state index contributed by atoms with van der Waals surface area (Å²) in [6.07, 6.45) is 4.23. The van der Waals surface area contributed by atoms with Gasteiger partial charge in [0.25, 0.3) is 11.8 Å². The first-order chi connectivity index (χ1) is 16.5. The highest BCUT2D eigenvalue weighted by Crippen LogP contribution is 2.33. The highest BCUT2D eigenvalue weighted by atomic mass is 32.1. The van der Waals surface area contributed by atoms with E-state index in [1.54, 1.807) is 35.8 Å². The normalized spacial score (nSPS) is 16.7. The fraction of sp³-hybridized carbons (Fsp3) is 0.333. The monoisotopic (exact) mass is 480 g/mol. The van der Waals surface area contributed by atoms with Crippen LogP contribution in [-0.4, -0.2) is 48.0 Å². The summed E-state index contributed by atoms with van der Waals surface area (Å²) in [5.74, 6) is 0.126. The van der Waals surface area contributed by atoms with E-state index >= 15 is 0 Å². The van der Waals surface area contributed by atoms with E-state index in [4.69, 9.17) is 10.5 Å². The largest absolute Gasteiger partial charge is 0.497 e. The lowest BCUT2D eigenvalue weighted by Crippen LogP contribution is -2.27. The maximum absolute atomic E-state index is 12.9. The number of rotatable bonds is 5. The van der Waals surface area contributed by atoms with E-state index in [0.29, 0.717) is 28.7 Å². The standard InChI is InChI=1S/C22H22N6O3S.C2H6/c1-31-15-3-2-13-10-28(21(30)16(13)8-15)22-26-18(12-32-22)20(29)25-17-9-24-6-4-19(17)27-7-5-14(23)11-27;1-2/h2-4,6,8-9,12,14H,5,7,10-11,23H2,1H3,(H,25,29);1-2H3. The summed E-state index contributed by atoms with van der Waals surface area (Å²) in [5.41, 5.74) is 9.27. The summed E-state index contributed by atoms with van der Waals surface area (Å²) in [6, 6.07) is 7.42. The van der Waals surface area contributed by atoms with Crippen molar-refractivity contribution >= 4 is 39.7 Å². The van der Waals surface area contributed by atoms with Gasteiger partial charge in [-0.3, -0.25) is 19.5 Å². The highest BCUT2D eigenvalue weighted by Gasteiger charge is 2.31. The molecule has 3 N–H and O–H groups in total. The van der Waals surface area contributed by atoms with Crippen LogP contribution in [0.4, 0.5) is 16.5 Å². The Bertz CT molecular complexity index is 1200. The molecule has 2 aromatic heterocycles. The molecule has 0 spiro atoms. The number of thiazole rings is 1. The zero-order valence-corrected chi connectivity index (χ0v) is 20.3. The van der Waals surface area contributed by atoms with Crippen molar-refractivity contribution < 1.29 is 14.3 Å². The van der Waals surface area contributed by atoms with Crippen molar-refractivity contribution in [3.63, 3.8) is 0 Å². The Morgan fingerprint density at radius 2 is 2.12 bits per heavy atom. The maximum Gasteiger partial charge on any atom is 0.275 e. The van der Waals surface area contributed by atoms with Crippen LogP contribution < -0.4 is 25.6 Å². The Morgan fingerprint density at radius 3 is 2.85 bits per heavy atom. The van der Waals surface area contributed by atoms with Crippen molar-refractivity contribution in [3.8, 4) is 5.75 Å².